The molecule has 4 nitrogen and oxygen atoms in total. The molecule has 0 saturated heterocycles. The van der Waals surface area contributed by atoms with E-state index in [-0.39, 0.29) is 5.91 Å². The maximum atomic E-state index is 10.7. The van der Waals surface area contributed by atoms with Gasteiger partial charge in [0.15, 0.2) is 5.13 Å². The quantitative estimate of drug-likeness (QED) is 0.853. The Balaban J connectivity index is 1.97. The number of hydrogen-bond donors (Lipinski definition) is 2. The van der Waals surface area contributed by atoms with E-state index < -0.39 is 0 Å². The number of halogens is 1. The van der Waals surface area contributed by atoms with Crippen molar-refractivity contribution in [3.8, 4) is 0 Å². The molecule has 1 aromatic heterocycles. The van der Waals surface area contributed by atoms with Crippen molar-refractivity contribution >= 4 is 48.5 Å². The number of benzene rings is 1. The lowest BCUT2D eigenvalue weighted by molar-refractivity contribution is -0.118. The minimum atomic E-state index is -0.0139. The molecule has 0 fully saturated rings. The molecule has 1 amide bonds. The third kappa shape index (κ3) is 3.41. The van der Waals surface area contributed by atoms with Crippen LogP contribution >= 0.6 is 27.3 Å². The number of fused-ring (bicyclic) bond motifs is 1. The Hall–Kier alpha value is -1.14. The fourth-order valence-electron chi connectivity index (χ4n) is 1.38. The normalized spacial score (nSPS) is 10.5. The van der Waals surface area contributed by atoms with Crippen LogP contribution in [-0.2, 0) is 4.79 Å². The van der Waals surface area contributed by atoms with E-state index in [1.165, 1.54) is 6.92 Å². The van der Waals surface area contributed by atoms with Crippen LogP contribution < -0.4 is 10.6 Å². The molecule has 90 valence electrons. The Kier molecular flexibility index (Phi) is 3.96. The zero-order valence-corrected chi connectivity index (χ0v) is 11.7. The van der Waals surface area contributed by atoms with Crippen molar-refractivity contribution in [3.05, 3.63) is 22.7 Å². The minimum absolute atomic E-state index is 0.0139. The predicted molar refractivity (Wildman–Crippen MR) is 74.5 cm³/mol. The Morgan fingerprint density at radius 3 is 3.06 bits per heavy atom. The standard InChI is InChI=1S/C11H12BrN3OS/c1-7(16)13-4-5-14-11-15-9-3-2-8(12)6-10(9)17-11/h2-3,6H,4-5H2,1H3,(H,13,16)(H,14,15). The Bertz CT molecular complexity index is 540. The summed E-state index contributed by atoms with van der Waals surface area (Å²) < 4.78 is 2.19. The summed E-state index contributed by atoms with van der Waals surface area (Å²) in [5.74, 6) is -0.0139. The number of carbonyl (C=O) groups is 1. The molecule has 0 radical (unpaired) electrons. The number of aromatic nitrogens is 1. The Labute approximate surface area is 112 Å². The minimum Gasteiger partial charge on any atom is -0.360 e. The van der Waals surface area contributed by atoms with E-state index >= 15 is 0 Å². The SMILES string of the molecule is CC(=O)NCCNc1nc2ccc(Br)cc2s1. The van der Waals surface area contributed by atoms with Crippen LogP contribution in [-0.4, -0.2) is 24.0 Å². The summed E-state index contributed by atoms with van der Waals surface area (Å²) in [5, 5.41) is 6.79. The van der Waals surface area contributed by atoms with Crippen molar-refractivity contribution in [1.29, 1.82) is 0 Å². The first-order valence-electron chi connectivity index (χ1n) is 5.19. The van der Waals surface area contributed by atoms with Crippen LogP contribution in [0.2, 0.25) is 0 Å². The van der Waals surface area contributed by atoms with E-state index in [2.05, 4.69) is 31.5 Å². The molecule has 0 aliphatic carbocycles. The molecular weight excluding hydrogens is 302 g/mol. The van der Waals surface area contributed by atoms with Crippen molar-refractivity contribution < 1.29 is 4.79 Å². The van der Waals surface area contributed by atoms with E-state index in [0.29, 0.717) is 13.1 Å². The zero-order chi connectivity index (χ0) is 12.3. The first-order chi connectivity index (χ1) is 8.15. The number of anilines is 1. The van der Waals surface area contributed by atoms with Crippen LogP contribution in [0.25, 0.3) is 10.2 Å². The van der Waals surface area contributed by atoms with E-state index in [1.807, 2.05) is 18.2 Å². The monoisotopic (exact) mass is 313 g/mol. The third-order valence-corrected chi connectivity index (χ3v) is 3.59. The van der Waals surface area contributed by atoms with Crippen molar-refractivity contribution in [2.24, 2.45) is 0 Å². The Morgan fingerprint density at radius 1 is 1.47 bits per heavy atom. The second-order valence-electron chi connectivity index (χ2n) is 3.54. The van der Waals surface area contributed by atoms with Gasteiger partial charge in [-0.2, -0.15) is 0 Å². The predicted octanol–water partition coefficient (Wildman–Crippen LogP) is 2.61. The van der Waals surface area contributed by atoms with Crippen LogP contribution in [0.4, 0.5) is 5.13 Å². The van der Waals surface area contributed by atoms with Crippen LogP contribution in [0.1, 0.15) is 6.92 Å². The molecule has 0 atom stereocenters. The average Bonchev–Trinajstić information content (AvgIpc) is 2.66. The Morgan fingerprint density at radius 2 is 2.29 bits per heavy atom. The topological polar surface area (TPSA) is 54.0 Å². The van der Waals surface area contributed by atoms with Gasteiger partial charge in [-0.3, -0.25) is 4.79 Å². The van der Waals surface area contributed by atoms with Crippen LogP contribution in [0.3, 0.4) is 0 Å². The molecule has 1 heterocycles. The summed E-state index contributed by atoms with van der Waals surface area (Å²) in [6.45, 7) is 2.80. The lowest BCUT2D eigenvalue weighted by Crippen LogP contribution is -2.26. The van der Waals surface area contributed by atoms with Gasteiger partial charge in [-0.05, 0) is 18.2 Å². The maximum Gasteiger partial charge on any atom is 0.216 e. The van der Waals surface area contributed by atoms with E-state index in [4.69, 9.17) is 0 Å². The molecule has 0 saturated carbocycles. The summed E-state index contributed by atoms with van der Waals surface area (Å²) in [6, 6.07) is 6.00. The molecule has 0 bridgehead atoms. The first kappa shape index (κ1) is 12.3. The average molecular weight is 314 g/mol. The number of hydrogen-bond acceptors (Lipinski definition) is 4. The fourth-order valence-corrected chi connectivity index (χ4v) is 2.83. The second-order valence-corrected chi connectivity index (χ2v) is 5.49. The van der Waals surface area contributed by atoms with Crippen LogP contribution in [0.5, 0.6) is 0 Å². The molecule has 0 spiro atoms. The molecule has 6 heteroatoms. The highest BCUT2D eigenvalue weighted by Gasteiger charge is 2.03. The summed E-state index contributed by atoms with van der Waals surface area (Å²) in [6.07, 6.45) is 0. The van der Waals surface area contributed by atoms with Gasteiger partial charge >= 0.3 is 0 Å². The van der Waals surface area contributed by atoms with Gasteiger partial charge in [-0.25, -0.2) is 4.98 Å². The van der Waals surface area contributed by atoms with Gasteiger partial charge in [-0.1, -0.05) is 27.3 Å². The highest BCUT2D eigenvalue weighted by atomic mass is 79.9. The molecule has 0 aliphatic rings. The summed E-state index contributed by atoms with van der Waals surface area (Å²) in [5.41, 5.74) is 0.986. The number of amides is 1. The first-order valence-corrected chi connectivity index (χ1v) is 6.80. The van der Waals surface area contributed by atoms with Gasteiger partial charge in [0.25, 0.3) is 0 Å². The van der Waals surface area contributed by atoms with Crippen molar-refractivity contribution in [3.63, 3.8) is 0 Å². The lowest BCUT2D eigenvalue weighted by Gasteiger charge is -2.02. The van der Waals surface area contributed by atoms with E-state index in [1.54, 1.807) is 11.3 Å². The second kappa shape index (κ2) is 5.46. The third-order valence-electron chi connectivity index (χ3n) is 2.13. The van der Waals surface area contributed by atoms with Gasteiger partial charge in [0, 0.05) is 24.5 Å². The van der Waals surface area contributed by atoms with Crippen molar-refractivity contribution in [1.82, 2.24) is 10.3 Å². The van der Waals surface area contributed by atoms with Gasteiger partial charge in [-0.15, -0.1) is 0 Å². The summed E-state index contributed by atoms with van der Waals surface area (Å²) in [4.78, 5) is 15.1. The van der Waals surface area contributed by atoms with Gasteiger partial charge < -0.3 is 10.6 Å². The summed E-state index contributed by atoms with van der Waals surface area (Å²) >= 11 is 5.04. The van der Waals surface area contributed by atoms with Crippen LogP contribution in [0, 0.1) is 0 Å². The fraction of sp³-hybridized carbons (Fsp3) is 0.273. The molecule has 2 aromatic rings. The van der Waals surface area contributed by atoms with Crippen LogP contribution in [0.15, 0.2) is 22.7 Å². The largest absolute Gasteiger partial charge is 0.360 e. The van der Waals surface area contributed by atoms with Crippen molar-refractivity contribution in [2.75, 3.05) is 18.4 Å². The van der Waals surface area contributed by atoms with Gasteiger partial charge in [0.05, 0.1) is 10.2 Å². The number of thiazole rings is 1. The molecule has 0 unspecified atom stereocenters. The summed E-state index contributed by atoms with van der Waals surface area (Å²) in [7, 11) is 0. The molecule has 2 rings (SSSR count). The zero-order valence-electron chi connectivity index (χ0n) is 9.29. The van der Waals surface area contributed by atoms with Crippen molar-refractivity contribution in [2.45, 2.75) is 6.92 Å². The smallest absolute Gasteiger partial charge is 0.216 e. The van der Waals surface area contributed by atoms with Gasteiger partial charge in [0.2, 0.25) is 5.91 Å². The highest BCUT2D eigenvalue weighted by Crippen LogP contribution is 2.28. The number of carbonyl (C=O) groups excluding carboxylic acids is 1. The number of nitrogens with one attached hydrogen (secondary N) is 2. The molecule has 17 heavy (non-hydrogen) atoms. The molecule has 2 N–H and O–H groups in total. The maximum absolute atomic E-state index is 10.7. The van der Waals surface area contributed by atoms with E-state index in [0.717, 1.165) is 19.8 Å². The molecular formula is C11H12BrN3OS. The van der Waals surface area contributed by atoms with Gasteiger partial charge in [0.1, 0.15) is 0 Å². The van der Waals surface area contributed by atoms with E-state index in [9.17, 15) is 4.79 Å². The lowest BCUT2D eigenvalue weighted by atomic mass is 10.3. The number of nitrogens with zero attached hydrogens (tertiary/aromatic N) is 1. The highest BCUT2D eigenvalue weighted by molar-refractivity contribution is 9.10. The molecule has 0 aliphatic heterocycles. The molecule has 1 aromatic carbocycles. The number of rotatable bonds is 4.